The van der Waals surface area contributed by atoms with Gasteiger partial charge in [0.1, 0.15) is 41.4 Å². The predicted molar refractivity (Wildman–Crippen MR) is 269 cm³/mol. The highest BCUT2D eigenvalue weighted by atomic mass is 79.9. The van der Waals surface area contributed by atoms with Crippen molar-refractivity contribution in [3.05, 3.63) is 80.8 Å². The Kier molecular flexibility index (Phi) is 20.4. The van der Waals surface area contributed by atoms with Crippen molar-refractivity contribution in [2.75, 3.05) is 40.5 Å². The van der Waals surface area contributed by atoms with Crippen LogP contribution in [0.2, 0.25) is 0 Å². The number of ether oxygens (including phenoxy) is 5. The van der Waals surface area contributed by atoms with Crippen molar-refractivity contribution in [1.82, 2.24) is 20.9 Å². The van der Waals surface area contributed by atoms with Crippen molar-refractivity contribution in [3.63, 3.8) is 0 Å². The van der Waals surface area contributed by atoms with Crippen molar-refractivity contribution in [1.29, 1.82) is 0 Å². The van der Waals surface area contributed by atoms with Crippen LogP contribution in [0.25, 0.3) is 11.1 Å². The summed E-state index contributed by atoms with van der Waals surface area (Å²) in [6, 6.07) is 11.7. The van der Waals surface area contributed by atoms with Crippen LogP contribution in [0.3, 0.4) is 0 Å². The second-order valence-corrected chi connectivity index (χ2v) is 20.6. The average molecular weight is 1040 g/mol. The number of nitrogens with zero attached hydrogens (tertiary/aromatic N) is 1. The zero-order valence-corrected chi connectivity index (χ0v) is 44.3. The minimum absolute atomic E-state index is 0.0280. The number of alkyl carbamates (subject to hydrolysis) is 2. The van der Waals surface area contributed by atoms with Crippen LogP contribution in [0, 0.1) is 25.7 Å². The molecule has 0 spiro atoms. The number of ketones is 2. The first-order chi connectivity index (χ1) is 32.8. The number of rotatable bonds is 17. The SMILES string of the molecule is CCCOc1ccc2cc1-c1cc(ccc1OCCNC(=O)OC(C)(C)C)C[C@@H](C(=O)OC)NC(=O)[C@H](C)CC(=O)[C@H]2N(C)C(=O)[C@H](CCCNC(=O)OC(C)(C)C)CC(=O)c1c(C)cc(Br)cc1C. The number of methoxy groups -OCH3 is 1. The summed E-state index contributed by atoms with van der Waals surface area (Å²) in [4.78, 5) is 97.7. The van der Waals surface area contributed by atoms with E-state index in [1.165, 1.54) is 19.1 Å². The molecule has 4 amide bonds. The first-order valence-corrected chi connectivity index (χ1v) is 24.6. The van der Waals surface area contributed by atoms with Crippen LogP contribution in [0.15, 0.2) is 53.0 Å². The van der Waals surface area contributed by atoms with E-state index in [2.05, 4.69) is 31.9 Å². The lowest BCUT2D eigenvalue weighted by molar-refractivity contribution is -0.146. The highest BCUT2D eigenvalue weighted by Gasteiger charge is 2.37. The van der Waals surface area contributed by atoms with Crippen molar-refractivity contribution in [2.24, 2.45) is 11.8 Å². The quantitative estimate of drug-likeness (QED) is 0.0502. The van der Waals surface area contributed by atoms with Gasteiger partial charge in [0.15, 0.2) is 11.6 Å². The van der Waals surface area contributed by atoms with Gasteiger partial charge in [-0.3, -0.25) is 19.2 Å². The van der Waals surface area contributed by atoms with Crippen LogP contribution in [0.5, 0.6) is 11.5 Å². The van der Waals surface area contributed by atoms with E-state index in [9.17, 15) is 28.8 Å². The van der Waals surface area contributed by atoms with Crippen LogP contribution in [0.4, 0.5) is 9.59 Å². The van der Waals surface area contributed by atoms with Crippen molar-refractivity contribution in [3.8, 4) is 22.6 Å². The molecule has 16 nitrogen and oxygen atoms in total. The van der Waals surface area contributed by atoms with Gasteiger partial charge in [-0.15, -0.1) is 0 Å². The molecule has 70 heavy (non-hydrogen) atoms. The number of aryl methyl sites for hydroxylation is 2. The Morgan fingerprint density at radius 1 is 0.814 bits per heavy atom. The molecule has 0 saturated heterocycles. The van der Waals surface area contributed by atoms with E-state index in [-0.39, 0.29) is 51.2 Å². The number of carbonyl (C=O) groups excluding carboxylic acids is 7. The van der Waals surface area contributed by atoms with Gasteiger partial charge >= 0.3 is 18.2 Å². The molecule has 3 aromatic rings. The summed E-state index contributed by atoms with van der Waals surface area (Å²) in [6.07, 6.45) is -0.585. The Labute approximate surface area is 420 Å². The van der Waals surface area contributed by atoms with Crippen LogP contribution in [0.1, 0.15) is 126 Å². The molecule has 1 aliphatic rings. The number of amides is 4. The third-order valence-electron chi connectivity index (χ3n) is 11.3. The third-order valence-corrected chi connectivity index (χ3v) is 11.8. The van der Waals surface area contributed by atoms with Gasteiger partial charge < -0.3 is 44.5 Å². The summed E-state index contributed by atoms with van der Waals surface area (Å²) in [6.45, 7) is 18.3. The fraction of sp³-hybridized carbons (Fsp3) is 0.528. The number of likely N-dealkylation sites (N-methyl/N-ethyl adjacent to an activating group) is 1. The van der Waals surface area contributed by atoms with E-state index in [1.54, 1.807) is 84.9 Å². The summed E-state index contributed by atoms with van der Waals surface area (Å²) >= 11 is 3.50. The maximum atomic E-state index is 15.1. The van der Waals surface area contributed by atoms with Gasteiger partial charge in [0, 0.05) is 65.9 Å². The van der Waals surface area contributed by atoms with Gasteiger partial charge in [-0.25, -0.2) is 14.4 Å². The summed E-state index contributed by atoms with van der Waals surface area (Å²) in [5.41, 5.74) is 2.56. The predicted octanol–water partition coefficient (Wildman–Crippen LogP) is 8.93. The molecule has 4 bridgehead atoms. The Morgan fingerprint density at radius 3 is 1.97 bits per heavy atom. The molecule has 1 aliphatic heterocycles. The standard InChI is InChI=1S/C53H71BrN4O12/c1-13-22-67-44-19-17-35-29-39(44)38-27-34(16-18-43(38)68-23-21-56-51(65)70-53(8,9)10)28-40(49(63)66-12)57-47(61)33(4)26-42(60)46(35)58(11)48(62)36(15-14-20-55-50(64)69-52(5,6)7)30-41(59)45-31(2)24-37(54)25-32(45)3/h16-19,24-25,27,29,33,36,40,46H,13-15,20-23,26,28,30H2,1-12H3,(H,55,64)(H,56,65)(H,57,61)/t33-,36-,40+,46+/m1/s1. The Morgan fingerprint density at radius 2 is 1.39 bits per heavy atom. The lowest BCUT2D eigenvalue weighted by atomic mass is 9.87. The van der Waals surface area contributed by atoms with Gasteiger partial charge in [-0.1, -0.05) is 41.9 Å². The van der Waals surface area contributed by atoms with E-state index in [4.69, 9.17) is 23.7 Å². The van der Waals surface area contributed by atoms with Gasteiger partial charge in [-0.2, -0.15) is 0 Å². The maximum absolute atomic E-state index is 15.1. The molecular weight excluding hydrogens is 965 g/mol. The van der Waals surface area contributed by atoms with E-state index in [0.717, 1.165) is 15.6 Å². The van der Waals surface area contributed by atoms with Gasteiger partial charge in [0.05, 0.1) is 20.3 Å². The van der Waals surface area contributed by atoms with E-state index in [1.807, 2.05) is 32.9 Å². The minimum Gasteiger partial charge on any atom is -0.493 e. The first-order valence-electron chi connectivity index (χ1n) is 23.8. The molecule has 1 heterocycles. The van der Waals surface area contributed by atoms with Crippen LogP contribution in [-0.2, 0) is 39.8 Å². The number of esters is 1. The molecule has 0 fully saturated rings. The van der Waals surface area contributed by atoms with Crippen molar-refractivity contribution in [2.45, 2.75) is 131 Å². The number of fused-ring (bicyclic) bond motifs is 5. The molecule has 3 N–H and O–H groups in total. The lowest BCUT2D eigenvalue weighted by Gasteiger charge is -2.32. The van der Waals surface area contributed by atoms with Gasteiger partial charge in [0.2, 0.25) is 11.8 Å². The third kappa shape index (κ3) is 16.6. The molecule has 17 heteroatoms. The van der Waals surface area contributed by atoms with Gasteiger partial charge in [-0.05, 0) is 133 Å². The monoisotopic (exact) mass is 1030 g/mol. The molecular formula is C53H71BrN4O12. The molecule has 0 aromatic heterocycles. The number of halogens is 1. The summed E-state index contributed by atoms with van der Waals surface area (Å²) in [5, 5.41) is 8.21. The smallest absolute Gasteiger partial charge is 0.407 e. The van der Waals surface area contributed by atoms with Crippen LogP contribution >= 0.6 is 15.9 Å². The topological polar surface area (TPSA) is 205 Å². The van der Waals surface area contributed by atoms with Crippen molar-refractivity contribution < 1.29 is 57.2 Å². The minimum atomic E-state index is -1.28. The lowest BCUT2D eigenvalue weighted by Crippen LogP contribution is -2.46. The molecule has 4 atom stereocenters. The highest BCUT2D eigenvalue weighted by Crippen LogP contribution is 2.41. The number of hydrogen-bond donors (Lipinski definition) is 3. The van der Waals surface area contributed by atoms with Crippen molar-refractivity contribution >= 4 is 57.5 Å². The normalized spacial score (nSPS) is 16.7. The number of nitrogens with one attached hydrogen (secondary N) is 3. The van der Waals surface area contributed by atoms with E-state index < -0.39 is 70.9 Å². The second-order valence-electron chi connectivity index (χ2n) is 19.7. The Balaban J connectivity index is 1.86. The fourth-order valence-electron chi connectivity index (χ4n) is 8.21. The molecule has 0 saturated carbocycles. The summed E-state index contributed by atoms with van der Waals surface area (Å²) in [5.74, 6) is -3.58. The summed E-state index contributed by atoms with van der Waals surface area (Å²) in [7, 11) is 2.73. The number of hydrogen-bond acceptors (Lipinski definition) is 12. The Bertz CT molecular complexity index is 2370. The summed E-state index contributed by atoms with van der Waals surface area (Å²) < 4.78 is 29.3. The first kappa shape index (κ1) is 56.6. The maximum Gasteiger partial charge on any atom is 0.407 e. The average Bonchev–Trinajstić information content (AvgIpc) is 3.25. The van der Waals surface area contributed by atoms with Gasteiger partial charge in [0.25, 0.3) is 0 Å². The zero-order chi connectivity index (χ0) is 52.1. The molecule has 0 radical (unpaired) electrons. The van der Waals surface area contributed by atoms with E-state index in [0.29, 0.717) is 58.8 Å². The van der Waals surface area contributed by atoms with Crippen LogP contribution < -0.4 is 25.4 Å². The number of carbonyl (C=O) groups is 7. The Hall–Kier alpha value is -5.97. The van der Waals surface area contributed by atoms with E-state index >= 15 is 4.79 Å². The molecule has 382 valence electrons. The zero-order valence-electron chi connectivity index (χ0n) is 42.7. The molecule has 3 aromatic carbocycles. The fourth-order valence-corrected chi connectivity index (χ4v) is 8.90. The van der Waals surface area contributed by atoms with Crippen LogP contribution in [-0.4, -0.2) is 104 Å². The number of benzene rings is 3. The second kappa shape index (κ2) is 25.2. The largest absolute Gasteiger partial charge is 0.493 e. The highest BCUT2D eigenvalue weighted by molar-refractivity contribution is 9.10. The molecule has 0 aliphatic carbocycles. The number of Topliss-reactive ketones (excluding diaryl/α,β-unsaturated/α-hetero) is 2. The molecule has 0 unspecified atom stereocenters. The molecule has 4 rings (SSSR count).